The van der Waals surface area contributed by atoms with Gasteiger partial charge in [-0.05, 0) is 50.7 Å². The van der Waals surface area contributed by atoms with Gasteiger partial charge in [0.05, 0.1) is 12.5 Å². The Hall–Kier alpha value is -1.51. The Morgan fingerprint density at radius 1 is 1.04 bits per heavy atom. The molecule has 0 N–H and O–H groups in total. The van der Waals surface area contributed by atoms with E-state index in [2.05, 4.69) is 6.92 Å². The molecule has 0 saturated heterocycles. The van der Waals surface area contributed by atoms with Crippen LogP contribution in [0.15, 0.2) is 24.3 Å². The Labute approximate surface area is 140 Å². The monoisotopic (exact) mass is 318 g/mol. The first kappa shape index (κ1) is 17.8. The molecule has 1 aromatic rings. The van der Waals surface area contributed by atoms with Crippen molar-refractivity contribution in [1.29, 1.82) is 0 Å². The molecule has 0 amide bonds. The first-order valence-electron chi connectivity index (χ1n) is 9.18. The number of para-hydroxylation sites is 2. The summed E-state index contributed by atoms with van der Waals surface area (Å²) >= 11 is 0. The predicted octanol–water partition coefficient (Wildman–Crippen LogP) is 5.38. The Morgan fingerprint density at radius 3 is 2.39 bits per heavy atom. The summed E-state index contributed by atoms with van der Waals surface area (Å²) in [4.78, 5) is 12.4. The molecule has 0 unspecified atom stereocenters. The Kier molecular flexibility index (Phi) is 7.44. The molecule has 0 bridgehead atoms. The van der Waals surface area contributed by atoms with Crippen molar-refractivity contribution in [1.82, 2.24) is 0 Å². The molecule has 128 valence electrons. The SMILES string of the molecule is CCCCCC1CCC(C(=O)Oc2ccccc2OCC)CC1. The van der Waals surface area contributed by atoms with Gasteiger partial charge in [0.25, 0.3) is 0 Å². The zero-order chi connectivity index (χ0) is 16.5. The fourth-order valence-electron chi connectivity index (χ4n) is 3.37. The largest absolute Gasteiger partial charge is 0.490 e. The number of esters is 1. The van der Waals surface area contributed by atoms with E-state index in [1.807, 2.05) is 25.1 Å². The number of hydrogen-bond donors (Lipinski definition) is 0. The van der Waals surface area contributed by atoms with E-state index >= 15 is 0 Å². The molecule has 0 atom stereocenters. The third kappa shape index (κ3) is 5.56. The lowest BCUT2D eigenvalue weighted by Gasteiger charge is -2.27. The molecule has 0 heterocycles. The molecular weight excluding hydrogens is 288 g/mol. The average molecular weight is 318 g/mol. The maximum Gasteiger partial charge on any atom is 0.314 e. The van der Waals surface area contributed by atoms with Crippen molar-refractivity contribution in [2.45, 2.75) is 65.2 Å². The van der Waals surface area contributed by atoms with Crippen molar-refractivity contribution in [3.8, 4) is 11.5 Å². The summed E-state index contributed by atoms with van der Waals surface area (Å²) in [5.74, 6) is 1.96. The lowest BCUT2D eigenvalue weighted by Crippen LogP contribution is -2.25. The number of ether oxygens (including phenoxy) is 2. The third-order valence-electron chi connectivity index (χ3n) is 4.76. The van der Waals surface area contributed by atoms with E-state index in [0.717, 1.165) is 31.6 Å². The van der Waals surface area contributed by atoms with E-state index in [-0.39, 0.29) is 11.9 Å². The van der Waals surface area contributed by atoms with Crippen LogP contribution in [0.3, 0.4) is 0 Å². The van der Waals surface area contributed by atoms with E-state index in [9.17, 15) is 4.79 Å². The van der Waals surface area contributed by atoms with Gasteiger partial charge in [0, 0.05) is 0 Å². The van der Waals surface area contributed by atoms with Crippen molar-refractivity contribution in [2.75, 3.05) is 6.61 Å². The van der Waals surface area contributed by atoms with Crippen LogP contribution in [-0.2, 0) is 4.79 Å². The number of rotatable bonds is 8. The Balaban J connectivity index is 1.81. The lowest BCUT2D eigenvalue weighted by atomic mass is 9.80. The smallest absolute Gasteiger partial charge is 0.314 e. The Morgan fingerprint density at radius 2 is 1.74 bits per heavy atom. The van der Waals surface area contributed by atoms with Gasteiger partial charge in [-0.1, -0.05) is 44.7 Å². The van der Waals surface area contributed by atoms with Gasteiger partial charge in [-0.25, -0.2) is 0 Å². The van der Waals surface area contributed by atoms with E-state index in [4.69, 9.17) is 9.47 Å². The van der Waals surface area contributed by atoms with Crippen LogP contribution < -0.4 is 9.47 Å². The number of benzene rings is 1. The molecular formula is C20H30O3. The second-order valence-electron chi connectivity index (χ2n) is 6.51. The lowest BCUT2D eigenvalue weighted by molar-refractivity contribution is -0.140. The molecule has 0 radical (unpaired) electrons. The first-order chi connectivity index (χ1) is 11.2. The number of carbonyl (C=O) groups is 1. The molecule has 2 rings (SSSR count). The molecule has 1 aliphatic carbocycles. The summed E-state index contributed by atoms with van der Waals surface area (Å²) in [7, 11) is 0. The van der Waals surface area contributed by atoms with E-state index in [0.29, 0.717) is 18.1 Å². The van der Waals surface area contributed by atoms with Crippen LogP contribution in [-0.4, -0.2) is 12.6 Å². The van der Waals surface area contributed by atoms with Crippen molar-refractivity contribution in [2.24, 2.45) is 11.8 Å². The van der Waals surface area contributed by atoms with Gasteiger partial charge < -0.3 is 9.47 Å². The normalized spacial score (nSPS) is 21.0. The maximum absolute atomic E-state index is 12.4. The zero-order valence-corrected chi connectivity index (χ0v) is 14.6. The standard InChI is InChI=1S/C20H30O3/c1-3-5-6-9-16-12-14-17(15-13-16)20(21)23-19-11-8-7-10-18(19)22-4-2/h7-8,10-11,16-17H,3-6,9,12-15H2,1-2H3. The van der Waals surface area contributed by atoms with Crippen LogP contribution in [0.4, 0.5) is 0 Å². The van der Waals surface area contributed by atoms with E-state index in [1.54, 1.807) is 6.07 Å². The summed E-state index contributed by atoms with van der Waals surface area (Å²) in [6, 6.07) is 7.41. The minimum Gasteiger partial charge on any atom is -0.490 e. The molecule has 0 spiro atoms. The van der Waals surface area contributed by atoms with Crippen molar-refractivity contribution in [3.05, 3.63) is 24.3 Å². The summed E-state index contributed by atoms with van der Waals surface area (Å²) in [5.41, 5.74) is 0. The van der Waals surface area contributed by atoms with Crippen LogP contribution in [0.25, 0.3) is 0 Å². The molecule has 1 saturated carbocycles. The molecule has 3 heteroatoms. The molecule has 3 nitrogen and oxygen atoms in total. The number of unbranched alkanes of at least 4 members (excludes halogenated alkanes) is 2. The maximum atomic E-state index is 12.4. The van der Waals surface area contributed by atoms with Crippen LogP contribution in [0.5, 0.6) is 11.5 Å². The van der Waals surface area contributed by atoms with Gasteiger partial charge in [0.2, 0.25) is 0 Å². The van der Waals surface area contributed by atoms with Gasteiger partial charge in [-0.2, -0.15) is 0 Å². The molecule has 1 aromatic carbocycles. The van der Waals surface area contributed by atoms with Crippen LogP contribution in [0, 0.1) is 11.8 Å². The van der Waals surface area contributed by atoms with Crippen LogP contribution >= 0.6 is 0 Å². The van der Waals surface area contributed by atoms with Gasteiger partial charge >= 0.3 is 5.97 Å². The van der Waals surface area contributed by atoms with E-state index in [1.165, 1.54) is 25.7 Å². The van der Waals surface area contributed by atoms with Crippen molar-refractivity contribution < 1.29 is 14.3 Å². The van der Waals surface area contributed by atoms with Crippen molar-refractivity contribution >= 4 is 5.97 Å². The minimum absolute atomic E-state index is 0.0482. The predicted molar refractivity (Wildman–Crippen MR) is 92.8 cm³/mol. The molecule has 23 heavy (non-hydrogen) atoms. The zero-order valence-electron chi connectivity index (χ0n) is 14.6. The molecule has 1 aliphatic rings. The van der Waals surface area contributed by atoms with Gasteiger partial charge in [0.15, 0.2) is 11.5 Å². The summed E-state index contributed by atoms with van der Waals surface area (Å²) < 4.78 is 11.1. The number of carbonyl (C=O) groups excluding carboxylic acids is 1. The molecule has 1 fully saturated rings. The van der Waals surface area contributed by atoms with Gasteiger partial charge in [0.1, 0.15) is 0 Å². The fourth-order valence-corrected chi connectivity index (χ4v) is 3.37. The summed E-state index contributed by atoms with van der Waals surface area (Å²) in [5, 5.41) is 0. The third-order valence-corrected chi connectivity index (χ3v) is 4.76. The molecule has 0 aliphatic heterocycles. The first-order valence-corrected chi connectivity index (χ1v) is 9.18. The highest BCUT2D eigenvalue weighted by molar-refractivity contribution is 5.76. The quantitative estimate of drug-likeness (QED) is 0.367. The average Bonchev–Trinajstić information content (AvgIpc) is 2.58. The highest BCUT2D eigenvalue weighted by Gasteiger charge is 2.28. The Bertz CT molecular complexity index is 476. The summed E-state index contributed by atoms with van der Waals surface area (Å²) in [6.45, 7) is 4.74. The minimum atomic E-state index is -0.0934. The highest BCUT2D eigenvalue weighted by atomic mass is 16.6. The van der Waals surface area contributed by atoms with Crippen molar-refractivity contribution in [3.63, 3.8) is 0 Å². The molecule has 0 aromatic heterocycles. The topological polar surface area (TPSA) is 35.5 Å². The van der Waals surface area contributed by atoms with Crippen LogP contribution in [0.2, 0.25) is 0 Å². The number of hydrogen-bond acceptors (Lipinski definition) is 3. The van der Waals surface area contributed by atoms with E-state index < -0.39 is 0 Å². The fraction of sp³-hybridized carbons (Fsp3) is 0.650. The van der Waals surface area contributed by atoms with Crippen LogP contribution in [0.1, 0.15) is 65.2 Å². The second-order valence-corrected chi connectivity index (χ2v) is 6.51. The van der Waals surface area contributed by atoms with Gasteiger partial charge in [-0.3, -0.25) is 4.79 Å². The second kappa shape index (κ2) is 9.59. The summed E-state index contributed by atoms with van der Waals surface area (Å²) in [6.07, 6.45) is 9.52. The van der Waals surface area contributed by atoms with Gasteiger partial charge in [-0.15, -0.1) is 0 Å². The highest BCUT2D eigenvalue weighted by Crippen LogP contribution is 2.34.